The van der Waals surface area contributed by atoms with Crippen LogP contribution in [0.4, 0.5) is 14.9 Å². The predicted molar refractivity (Wildman–Crippen MR) is 106 cm³/mol. The van der Waals surface area contributed by atoms with E-state index in [9.17, 15) is 9.18 Å². The molecule has 1 atom stereocenters. The molecule has 6 heteroatoms. The van der Waals surface area contributed by atoms with Gasteiger partial charge in [0.05, 0.1) is 23.6 Å². The first kappa shape index (κ1) is 19.1. The van der Waals surface area contributed by atoms with Crippen molar-refractivity contribution < 1.29 is 9.18 Å². The summed E-state index contributed by atoms with van der Waals surface area (Å²) in [5.74, 6) is 5.88. The highest BCUT2D eigenvalue weighted by molar-refractivity contribution is 5.89. The summed E-state index contributed by atoms with van der Waals surface area (Å²) in [4.78, 5) is 21.0. The Kier molecular flexibility index (Phi) is 6.32. The molecule has 3 aromatic rings. The van der Waals surface area contributed by atoms with Crippen molar-refractivity contribution in [3.8, 4) is 11.8 Å². The van der Waals surface area contributed by atoms with Crippen LogP contribution in [0.3, 0.4) is 0 Å². The molecule has 0 saturated carbocycles. The number of benzene rings is 1. The van der Waals surface area contributed by atoms with Gasteiger partial charge < -0.3 is 10.6 Å². The number of carbonyl (C=O) groups is 1. The fourth-order valence-corrected chi connectivity index (χ4v) is 2.73. The average Bonchev–Trinajstić information content (AvgIpc) is 2.74. The Morgan fingerprint density at radius 3 is 2.61 bits per heavy atom. The molecule has 2 amide bonds. The molecule has 2 heterocycles. The van der Waals surface area contributed by atoms with Gasteiger partial charge in [0.2, 0.25) is 0 Å². The van der Waals surface area contributed by atoms with Crippen LogP contribution in [-0.4, -0.2) is 16.0 Å². The van der Waals surface area contributed by atoms with Gasteiger partial charge in [-0.2, -0.15) is 0 Å². The van der Waals surface area contributed by atoms with Gasteiger partial charge in [0, 0.05) is 18.0 Å². The summed E-state index contributed by atoms with van der Waals surface area (Å²) in [6.07, 6.45) is 4.83. The standard InChI is InChI=1S/C22H19FN4O/c1-2-5-17-6-3-13-25-20(17)21(18-10-8-16(14-23)9-11-18)27-22(28)26-19-7-4-12-24-15-19/h3-4,6-13,15,21H,14H2,1H3,(H2,26,27,28)/t21-/m0/s1. The molecule has 0 spiro atoms. The molecule has 5 nitrogen and oxygen atoms in total. The normalized spacial score (nSPS) is 11.1. The van der Waals surface area contributed by atoms with E-state index in [1.807, 2.05) is 6.07 Å². The van der Waals surface area contributed by atoms with Crippen LogP contribution in [0.1, 0.15) is 35.3 Å². The number of nitrogens with zero attached hydrogens (tertiary/aromatic N) is 2. The second kappa shape index (κ2) is 9.28. The molecule has 2 aromatic heterocycles. The third-order valence-electron chi connectivity index (χ3n) is 4.03. The second-order valence-electron chi connectivity index (χ2n) is 5.96. The van der Waals surface area contributed by atoms with E-state index in [4.69, 9.17) is 0 Å². The summed E-state index contributed by atoms with van der Waals surface area (Å²) < 4.78 is 12.9. The molecular weight excluding hydrogens is 355 g/mol. The minimum Gasteiger partial charge on any atom is -0.325 e. The number of carbonyl (C=O) groups excluding carboxylic acids is 1. The average molecular weight is 374 g/mol. The van der Waals surface area contributed by atoms with Crippen LogP contribution in [-0.2, 0) is 6.67 Å². The summed E-state index contributed by atoms with van der Waals surface area (Å²) in [7, 11) is 0. The third kappa shape index (κ3) is 4.71. The van der Waals surface area contributed by atoms with Crippen LogP contribution in [0.15, 0.2) is 67.1 Å². The molecule has 0 unspecified atom stereocenters. The van der Waals surface area contributed by atoms with E-state index >= 15 is 0 Å². The highest BCUT2D eigenvalue weighted by Gasteiger charge is 2.21. The lowest BCUT2D eigenvalue weighted by molar-refractivity contribution is 0.250. The number of anilines is 1. The van der Waals surface area contributed by atoms with Gasteiger partial charge in [-0.1, -0.05) is 30.2 Å². The lowest BCUT2D eigenvalue weighted by Crippen LogP contribution is -2.34. The van der Waals surface area contributed by atoms with E-state index in [1.54, 1.807) is 68.0 Å². The predicted octanol–water partition coefficient (Wildman–Crippen LogP) is 4.23. The Hall–Kier alpha value is -3.72. The highest BCUT2D eigenvalue weighted by Crippen LogP contribution is 2.24. The largest absolute Gasteiger partial charge is 0.325 e. The van der Waals surface area contributed by atoms with Gasteiger partial charge in [-0.05, 0) is 42.3 Å². The number of rotatable bonds is 5. The van der Waals surface area contributed by atoms with E-state index in [-0.39, 0.29) is 0 Å². The van der Waals surface area contributed by atoms with E-state index in [1.165, 1.54) is 0 Å². The number of amides is 2. The molecule has 0 aliphatic carbocycles. The molecule has 0 radical (unpaired) electrons. The first-order valence-corrected chi connectivity index (χ1v) is 8.71. The van der Waals surface area contributed by atoms with Crippen LogP contribution < -0.4 is 10.6 Å². The topological polar surface area (TPSA) is 66.9 Å². The molecule has 140 valence electrons. The quantitative estimate of drug-likeness (QED) is 0.657. The smallest absolute Gasteiger partial charge is 0.320 e. The highest BCUT2D eigenvalue weighted by atomic mass is 19.1. The summed E-state index contributed by atoms with van der Waals surface area (Å²) in [5, 5.41) is 5.68. The minimum atomic E-state index is -0.553. The Morgan fingerprint density at radius 2 is 1.93 bits per heavy atom. The van der Waals surface area contributed by atoms with Crippen LogP contribution in [0.5, 0.6) is 0 Å². The zero-order valence-corrected chi connectivity index (χ0v) is 15.3. The Morgan fingerprint density at radius 1 is 1.14 bits per heavy atom. The Balaban J connectivity index is 1.94. The number of urea groups is 1. The molecule has 0 aliphatic heterocycles. The molecule has 0 aliphatic rings. The van der Waals surface area contributed by atoms with Crippen LogP contribution in [0, 0.1) is 11.8 Å². The number of halogens is 1. The number of hydrogen-bond donors (Lipinski definition) is 2. The van der Waals surface area contributed by atoms with E-state index < -0.39 is 18.7 Å². The lowest BCUT2D eigenvalue weighted by atomic mass is 9.98. The summed E-state index contributed by atoms with van der Waals surface area (Å²) in [6.45, 7) is 1.19. The molecule has 1 aromatic carbocycles. The first-order chi connectivity index (χ1) is 13.7. The fraction of sp³-hybridized carbons (Fsp3) is 0.136. The van der Waals surface area contributed by atoms with Crippen molar-refractivity contribution >= 4 is 11.7 Å². The van der Waals surface area contributed by atoms with Gasteiger partial charge in [-0.15, -0.1) is 5.92 Å². The van der Waals surface area contributed by atoms with Crippen LogP contribution in [0.2, 0.25) is 0 Å². The Labute approximate surface area is 163 Å². The fourth-order valence-electron chi connectivity index (χ4n) is 2.73. The molecule has 28 heavy (non-hydrogen) atoms. The first-order valence-electron chi connectivity index (χ1n) is 8.71. The summed E-state index contributed by atoms with van der Waals surface area (Å²) in [5.41, 5.74) is 3.24. The number of alkyl halides is 1. The van der Waals surface area contributed by atoms with Crippen LogP contribution in [0.25, 0.3) is 0 Å². The Bertz CT molecular complexity index is 994. The number of pyridine rings is 2. The maximum absolute atomic E-state index is 12.9. The van der Waals surface area contributed by atoms with Crippen molar-refractivity contribution in [2.45, 2.75) is 19.6 Å². The van der Waals surface area contributed by atoms with Gasteiger partial charge in [-0.25, -0.2) is 9.18 Å². The van der Waals surface area contributed by atoms with Crippen molar-refractivity contribution in [2.24, 2.45) is 0 Å². The van der Waals surface area contributed by atoms with Crippen LogP contribution >= 0.6 is 0 Å². The van der Waals surface area contributed by atoms with E-state index in [2.05, 4.69) is 32.4 Å². The molecule has 0 fully saturated rings. The number of nitrogens with one attached hydrogen (secondary N) is 2. The van der Waals surface area contributed by atoms with Crippen molar-refractivity contribution in [3.05, 3.63) is 89.5 Å². The number of aromatic nitrogens is 2. The summed E-state index contributed by atoms with van der Waals surface area (Å²) >= 11 is 0. The van der Waals surface area contributed by atoms with Gasteiger partial charge >= 0.3 is 6.03 Å². The van der Waals surface area contributed by atoms with Crippen molar-refractivity contribution in [2.75, 3.05) is 5.32 Å². The SMILES string of the molecule is CC#Cc1cccnc1[C@@H](NC(=O)Nc1cccnc1)c1ccc(CF)cc1. The van der Waals surface area contributed by atoms with Gasteiger partial charge in [-0.3, -0.25) is 9.97 Å². The monoisotopic (exact) mass is 374 g/mol. The molecular formula is C22H19FN4O. The second-order valence-corrected chi connectivity index (χ2v) is 5.96. The zero-order valence-electron chi connectivity index (χ0n) is 15.3. The number of hydrogen-bond acceptors (Lipinski definition) is 3. The van der Waals surface area contributed by atoms with Gasteiger partial charge in [0.25, 0.3) is 0 Å². The van der Waals surface area contributed by atoms with Crippen molar-refractivity contribution in [3.63, 3.8) is 0 Å². The maximum atomic E-state index is 12.9. The summed E-state index contributed by atoms with van der Waals surface area (Å²) in [6, 6.07) is 13.1. The molecule has 2 N–H and O–H groups in total. The van der Waals surface area contributed by atoms with Crippen molar-refractivity contribution in [1.82, 2.24) is 15.3 Å². The van der Waals surface area contributed by atoms with Crippen molar-refractivity contribution in [1.29, 1.82) is 0 Å². The molecule has 0 bridgehead atoms. The zero-order chi connectivity index (χ0) is 19.8. The third-order valence-corrected chi connectivity index (χ3v) is 4.03. The van der Waals surface area contributed by atoms with Gasteiger partial charge in [0.1, 0.15) is 6.67 Å². The maximum Gasteiger partial charge on any atom is 0.320 e. The van der Waals surface area contributed by atoms with Gasteiger partial charge in [0.15, 0.2) is 0 Å². The lowest BCUT2D eigenvalue weighted by Gasteiger charge is -2.20. The molecule has 0 saturated heterocycles. The molecule has 3 rings (SSSR count). The van der Waals surface area contributed by atoms with E-state index in [0.717, 1.165) is 5.56 Å². The minimum absolute atomic E-state index is 0.409. The van der Waals surface area contributed by atoms with E-state index in [0.29, 0.717) is 22.5 Å².